The van der Waals surface area contributed by atoms with Crippen LogP contribution in [0, 0.1) is 5.92 Å². The molecule has 3 nitrogen and oxygen atoms in total. The third kappa shape index (κ3) is 4.09. The summed E-state index contributed by atoms with van der Waals surface area (Å²) in [4.78, 5) is 0. The minimum Gasteiger partial charge on any atom is -0.393 e. The first-order valence-electron chi connectivity index (χ1n) is 4.85. The normalized spacial score (nSPS) is 29.4. The summed E-state index contributed by atoms with van der Waals surface area (Å²) >= 11 is 0. The van der Waals surface area contributed by atoms with Crippen LogP contribution in [-0.2, 0) is 9.84 Å². The van der Waals surface area contributed by atoms with Gasteiger partial charge in [-0.05, 0) is 31.6 Å². The highest BCUT2D eigenvalue weighted by Gasteiger charge is 2.24. The van der Waals surface area contributed by atoms with Crippen LogP contribution in [0.3, 0.4) is 0 Å². The second kappa shape index (κ2) is 4.42. The summed E-state index contributed by atoms with van der Waals surface area (Å²) < 4.78 is 21.6. The number of sulfone groups is 1. The quantitative estimate of drug-likeness (QED) is 0.745. The van der Waals surface area contributed by atoms with E-state index < -0.39 is 9.84 Å². The van der Waals surface area contributed by atoms with Crippen LogP contribution in [0.5, 0.6) is 0 Å². The molecule has 0 saturated heterocycles. The first kappa shape index (κ1) is 11.0. The Balaban J connectivity index is 2.19. The second-order valence-electron chi connectivity index (χ2n) is 4.03. The molecule has 0 amide bonds. The third-order valence-electron chi connectivity index (χ3n) is 2.71. The molecular formula is C9H18O3S. The molecule has 0 aliphatic heterocycles. The highest BCUT2D eigenvalue weighted by molar-refractivity contribution is 7.90. The smallest absolute Gasteiger partial charge is 0.147 e. The Morgan fingerprint density at radius 3 is 2.54 bits per heavy atom. The maximum absolute atomic E-state index is 10.8. The van der Waals surface area contributed by atoms with E-state index in [1.807, 2.05) is 0 Å². The zero-order chi connectivity index (χ0) is 9.90. The van der Waals surface area contributed by atoms with Crippen LogP contribution in [-0.4, -0.2) is 31.6 Å². The lowest BCUT2D eigenvalue weighted by Crippen LogP contribution is -2.14. The van der Waals surface area contributed by atoms with Crippen molar-refractivity contribution in [2.75, 3.05) is 12.0 Å². The first-order valence-corrected chi connectivity index (χ1v) is 6.91. The molecule has 0 heterocycles. The van der Waals surface area contributed by atoms with E-state index in [-0.39, 0.29) is 11.9 Å². The third-order valence-corrected chi connectivity index (χ3v) is 3.74. The molecule has 0 aromatic heterocycles. The van der Waals surface area contributed by atoms with Gasteiger partial charge in [0.1, 0.15) is 9.84 Å². The summed E-state index contributed by atoms with van der Waals surface area (Å²) in [5.74, 6) is 0.609. The average molecular weight is 206 g/mol. The van der Waals surface area contributed by atoms with Gasteiger partial charge in [0, 0.05) is 12.0 Å². The van der Waals surface area contributed by atoms with E-state index >= 15 is 0 Å². The van der Waals surface area contributed by atoms with Crippen molar-refractivity contribution in [3.05, 3.63) is 0 Å². The molecular weight excluding hydrogens is 188 g/mol. The molecule has 2 atom stereocenters. The molecule has 0 aromatic carbocycles. The topological polar surface area (TPSA) is 54.4 Å². The van der Waals surface area contributed by atoms with Crippen molar-refractivity contribution in [3.63, 3.8) is 0 Å². The highest BCUT2D eigenvalue weighted by Crippen LogP contribution is 2.29. The summed E-state index contributed by atoms with van der Waals surface area (Å²) in [6.45, 7) is 0. The zero-order valence-electron chi connectivity index (χ0n) is 8.07. The fraction of sp³-hybridized carbons (Fsp3) is 1.00. The summed E-state index contributed by atoms with van der Waals surface area (Å²) in [6, 6.07) is 0. The molecule has 0 aromatic rings. The molecule has 4 heteroatoms. The van der Waals surface area contributed by atoms with Gasteiger partial charge in [-0.2, -0.15) is 0 Å². The zero-order valence-corrected chi connectivity index (χ0v) is 8.89. The fourth-order valence-electron chi connectivity index (χ4n) is 1.96. The number of hydrogen-bond donors (Lipinski definition) is 1. The maximum atomic E-state index is 10.8. The van der Waals surface area contributed by atoms with Gasteiger partial charge in [0.15, 0.2) is 0 Å². The Hall–Kier alpha value is -0.0900. The van der Waals surface area contributed by atoms with Gasteiger partial charge in [-0.25, -0.2) is 8.42 Å². The van der Waals surface area contributed by atoms with Gasteiger partial charge in [-0.3, -0.25) is 0 Å². The lowest BCUT2D eigenvalue weighted by molar-refractivity contribution is 0.127. The number of aliphatic hydroxyl groups is 1. The van der Waals surface area contributed by atoms with Gasteiger partial charge in [0.05, 0.1) is 6.10 Å². The van der Waals surface area contributed by atoms with E-state index in [0.29, 0.717) is 12.3 Å². The molecule has 0 radical (unpaired) electrons. The van der Waals surface area contributed by atoms with Gasteiger partial charge < -0.3 is 5.11 Å². The molecule has 78 valence electrons. The average Bonchev–Trinajstić information content (AvgIpc) is 2.34. The van der Waals surface area contributed by atoms with Crippen molar-refractivity contribution in [2.24, 2.45) is 5.92 Å². The van der Waals surface area contributed by atoms with Crippen molar-refractivity contribution in [3.8, 4) is 0 Å². The number of hydrogen-bond acceptors (Lipinski definition) is 3. The lowest BCUT2D eigenvalue weighted by Gasteiger charge is -2.13. The molecule has 1 fully saturated rings. The number of rotatable bonds is 4. The van der Waals surface area contributed by atoms with Crippen molar-refractivity contribution < 1.29 is 13.5 Å². The lowest BCUT2D eigenvalue weighted by atomic mass is 10.0. The Labute approximate surface area is 80.1 Å². The molecule has 1 aliphatic rings. The maximum Gasteiger partial charge on any atom is 0.147 e. The van der Waals surface area contributed by atoms with E-state index in [2.05, 4.69) is 0 Å². The fourth-order valence-corrected chi connectivity index (χ4v) is 2.65. The van der Waals surface area contributed by atoms with Crippen LogP contribution < -0.4 is 0 Å². The van der Waals surface area contributed by atoms with E-state index in [9.17, 15) is 13.5 Å². The summed E-state index contributed by atoms with van der Waals surface area (Å²) in [5, 5.41) is 9.47. The summed E-state index contributed by atoms with van der Waals surface area (Å²) in [5.41, 5.74) is 0. The molecule has 0 unspecified atom stereocenters. The molecule has 1 N–H and O–H groups in total. The van der Waals surface area contributed by atoms with Crippen LogP contribution >= 0.6 is 0 Å². The molecule has 1 rings (SSSR count). The first-order chi connectivity index (χ1) is 5.99. The van der Waals surface area contributed by atoms with E-state index in [1.54, 1.807) is 0 Å². The minimum absolute atomic E-state index is 0.181. The summed E-state index contributed by atoms with van der Waals surface area (Å²) in [7, 11) is -2.81. The monoisotopic (exact) mass is 206 g/mol. The van der Waals surface area contributed by atoms with Crippen LogP contribution in [0.2, 0.25) is 0 Å². The Morgan fingerprint density at radius 2 is 2.08 bits per heavy atom. The van der Waals surface area contributed by atoms with Crippen LogP contribution in [0.1, 0.15) is 32.1 Å². The van der Waals surface area contributed by atoms with E-state index in [1.165, 1.54) is 6.26 Å². The highest BCUT2D eigenvalue weighted by atomic mass is 32.2. The van der Waals surface area contributed by atoms with Crippen LogP contribution in [0.25, 0.3) is 0 Å². The molecule has 1 saturated carbocycles. The van der Waals surface area contributed by atoms with Crippen molar-refractivity contribution in [2.45, 2.75) is 38.2 Å². The summed E-state index contributed by atoms with van der Waals surface area (Å²) in [6.07, 6.45) is 5.67. The molecule has 0 spiro atoms. The van der Waals surface area contributed by atoms with Gasteiger partial charge >= 0.3 is 0 Å². The molecule has 1 aliphatic carbocycles. The van der Waals surface area contributed by atoms with Gasteiger partial charge in [0.2, 0.25) is 0 Å². The number of aliphatic hydroxyl groups excluding tert-OH is 1. The van der Waals surface area contributed by atoms with Crippen LogP contribution in [0.4, 0.5) is 0 Å². The minimum atomic E-state index is -2.81. The standard InChI is InChI=1S/C9H18O3S/c1-13(11,12)7-3-5-8-4-2-6-9(8)10/h8-10H,2-7H2,1H3/t8-,9+/m0/s1. The van der Waals surface area contributed by atoms with Crippen molar-refractivity contribution in [1.29, 1.82) is 0 Å². The van der Waals surface area contributed by atoms with Gasteiger partial charge in [-0.1, -0.05) is 6.42 Å². The van der Waals surface area contributed by atoms with E-state index in [4.69, 9.17) is 0 Å². The predicted octanol–water partition coefficient (Wildman–Crippen LogP) is 0.972. The van der Waals surface area contributed by atoms with Crippen molar-refractivity contribution >= 4 is 9.84 Å². The molecule has 13 heavy (non-hydrogen) atoms. The Morgan fingerprint density at radius 1 is 1.38 bits per heavy atom. The second-order valence-corrected chi connectivity index (χ2v) is 6.29. The van der Waals surface area contributed by atoms with Crippen molar-refractivity contribution in [1.82, 2.24) is 0 Å². The molecule has 0 bridgehead atoms. The van der Waals surface area contributed by atoms with E-state index in [0.717, 1.165) is 25.7 Å². The predicted molar refractivity (Wildman–Crippen MR) is 52.3 cm³/mol. The largest absolute Gasteiger partial charge is 0.393 e. The Bertz CT molecular complexity index is 246. The van der Waals surface area contributed by atoms with Gasteiger partial charge in [-0.15, -0.1) is 0 Å². The van der Waals surface area contributed by atoms with Gasteiger partial charge in [0.25, 0.3) is 0 Å². The Kier molecular flexibility index (Phi) is 3.74. The SMILES string of the molecule is CS(=O)(=O)CCC[C@@H]1CCC[C@H]1O. The van der Waals surface area contributed by atoms with Crippen LogP contribution in [0.15, 0.2) is 0 Å².